The van der Waals surface area contributed by atoms with Crippen molar-refractivity contribution in [3.05, 3.63) is 35.4 Å². The second-order valence-electron chi connectivity index (χ2n) is 4.64. The average Bonchev–Trinajstić information content (AvgIpc) is 2.74. The van der Waals surface area contributed by atoms with Crippen LogP contribution >= 0.6 is 0 Å². The van der Waals surface area contributed by atoms with Gasteiger partial charge in [-0.25, -0.2) is 0 Å². The molecule has 1 N–H and O–H groups in total. The molecule has 0 aromatic heterocycles. The van der Waals surface area contributed by atoms with Crippen LogP contribution in [0, 0.1) is 0 Å². The Morgan fingerprint density at radius 1 is 1.35 bits per heavy atom. The molecule has 2 unspecified atom stereocenters. The van der Waals surface area contributed by atoms with Crippen LogP contribution in [0.1, 0.15) is 49.1 Å². The van der Waals surface area contributed by atoms with Crippen molar-refractivity contribution in [2.75, 3.05) is 0 Å². The van der Waals surface area contributed by atoms with Crippen molar-refractivity contribution in [3.8, 4) is 0 Å². The van der Waals surface area contributed by atoms with Gasteiger partial charge in [-0.05, 0) is 30.9 Å². The van der Waals surface area contributed by atoms with Crippen LogP contribution in [-0.2, 0) is 9.59 Å². The Labute approximate surface area is 100 Å². The van der Waals surface area contributed by atoms with Crippen LogP contribution in [0.5, 0.6) is 0 Å². The molecule has 0 spiro atoms. The van der Waals surface area contributed by atoms with E-state index in [1.807, 2.05) is 24.3 Å². The number of aliphatic carboxylic acids is 1. The highest BCUT2D eigenvalue weighted by Crippen LogP contribution is 2.31. The molecule has 0 saturated heterocycles. The topological polar surface area (TPSA) is 54.4 Å². The number of hydrogen-bond acceptors (Lipinski definition) is 2. The van der Waals surface area contributed by atoms with Crippen molar-refractivity contribution < 1.29 is 14.7 Å². The zero-order chi connectivity index (χ0) is 12.4. The van der Waals surface area contributed by atoms with E-state index in [0.29, 0.717) is 12.2 Å². The van der Waals surface area contributed by atoms with Crippen LogP contribution in [0.2, 0.25) is 0 Å². The molecule has 1 aliphatic carbocycles. The molecule has 0 amide bonds. The minimum Gasteiger partial charge on any atom is -0.481 e. The molecule has 1 fully saturated rings. The molecular formula is C14H16O3. The van der Waals surface area contributed by atoms with Crippen molar-refractivity contribution in [2.24, 2.45) is 0 Å². The molecule has 3 heteroatoms. The molecule has 90 valence electrons. The van der Waals surface area contributed by atoms with Gasteiger partial charge in [0, 0.05) is 12.3 Å². The van der Waals surface area contributed by atoms with Gasteiger partial charge in [0.25, 0.3) is 0 Å². The van der Waals surface area contributed by atoms with E-state index in [0.717, 1.165) is 24.0 Å². The van der Waals surface area contributed by atoms with Crippen LogP contribution < -0.4 is 0 Å². The van der Waals surface area contributed by atoms with Crippen LogP contribution in [0.4, 0.5) is 0 Å². The van der Waals surface area contributed by atoms with Gasteiger partial charge in [0.05, 0.1) is 5.92 Å². The predicted octanol–water partition coefficient (Wildman–Crippen LogP) is 2.71. The average molecular weight is 232 g/mol. The Kier molecular flexibility index (Phi) is 3.27. The summed E-state index contributed by atoms with van der Waals surface area (Å²) >= 11 is 0. The van der Waals surface area contributed by atoms with E-state index in [-0.39, 0.29) is 5.92 Å². The smallest absolute Gasteiger partial charge is 0.310 e. The van der Waals surface area contributed by atoms with Gasteiger partial charge in [0.1, 0.15) is 5.78 Å². The first-order valence-corrected chi connectivity index (χ1v) is 5.95. The fourth-order valence-electron chi connectivity index (χ4n) is 2.33. The first-order valence-electron chi connectivity index (χ1n) is 5.95. The van der Waals surface area contributed by atoms with Gasteiger partial charge in [0.15, 0.2) is 0 Å². The lowest BCUT2D eigenvalue weighted by Crippen LogP contribution is -2.08. The Morgan fingerprint density at radius 2 is 2.00 bits per heavy atom. The SMILES string of the molecule is CC(C(=O)O)c1ccc(C2CCCC2=O)cc1. The minimum atomic E-state index is -0.824. The monoisotopic (exact) mass is 232 g/mol. The summed E-state index contributed by atoms with van der Waals surface area (Å²) in [5, 5.41) is 8.90. The lowest BCUT2D eigenvalue weighted by molar-refractivity contribution is -0.138. The Balaban J connectivity index is 2.18. The molecule has 3 nitrogen and oxygen atoms in total. The minimum absolute atomic E-state index is 0.0317. The highest BCUT2D eigenvalue weighted by atomic mass is 16.4. The second kappa shape index (κ2) is 4.70. The number of Topliss-reactive ketones (excluding diaryl/α,β-unsaturated/α-hetero) is 1. The van der Waals surface area contributed by atoms with Gasteiger partial charge >= 0.3 is 5.97 Å². The molecule has 0 bridgehead atoms. The predicted molar refractivity (Wildman–Crippen MR) is 64.1 cm³/mol. The number of carbonyl (C=O) groups excluding carboxylic acids is 1. The number of rotatable bonds is 3. The van der Waals surface area contributed by atoms with Crippen molar-refractivity contribution >= 4 is 11.8 Å². The number of benzene rings is 1. The second-order valence-corrected chi connectivity index (χ2v) is 4.64. The molecule has 2 atom stereocenters. The highest BCUT2D eigenvalue weighted by molar-refractivity contribution is 5.87. The lowest BCUT2D eigenvalue weighted by Gasteiger charge is -2.11. The molecule has 2 rings (SSSR count). The zero-order valence-electron chi connectivity index (χ0n) is 9.85. The van der Waals surface area contributed by atoms with Gasteiger partial charge in [-0.15, -0.1) is 0 Å². The van der Waals surface area contributed by atoms with E-state index in [2.05, 4.69) is 0 Å². The molecule has 1 aliphatic rings. The third-order valence-corrected chi connectivity index (χ3v) is 3.51. The van der Waals surface area contributed by atoms with E-state index in [1.165, 1.54) is 0 Å². The molecule has 17 heavy (non-hydrogen) atoms. The summed E-state index contributed by atoms with van der Waals surface area (Å²) in [4.78, 5) is 22.4. The molecule has 0 heterocycles. The molecule has 0 aliphatic heterocycles. The van der Waals surface area contributed by atoms with E-state index in [9.17, 15) is 9.59 Å². The summed E-state index contributed by atoms with van der Waals surface area (Å²) in [6, 6.07) is 7.42. The number of ketones is 1. The summed E-state index contributed by atoms with van der Waals surface area (Å²) in [6.45, 7) is 1.66. The fraction of sp³-hybridized carbons (Fsp3) is 0.429. The first kappa shape index (κ1) is 11.8. The standard InChI is InChI=1S/C14H16O3/c1-9(14(16)17)10-5-7-11(8-6-10)12-3-2-4-13(12)15/h5-9,12H,2-4H2,1H3,(H,16,17). The van der Waals surface area contributed by atoms with E-state index >= 15 is 0 Å². The van der Waals surface area contributed by atoms with Crippen molar-refractivity contribution in [1.29, 1.82) is 0 Å². The quantitative estimate of drug-likeness (QED) is 0.871. The van der Waals surface area contributed by atoms with Crippen molar-refractivity contribution in [2.45, 2.75) is 38.0 Å². The largest absolute Gasteiger partial charge is 0.481 e. The molecular weight excluding hydrogens is 216 g/mol. The van der Waals surface area contributed by atoms with Crippen LogP contribution in [-0.4, -0.2) is 16.9 Å². The summed E-state index contributed by atoms with van der Waals surface area (Å²) in [5.41, 5.74) is 1.81. The Morgan fingerprint density at radius 3 is 2.47 bits per heavy atom. The molecule has 1 saturated carbocycles. The van der Waals surface area contributed by atoms with Crippen molar-refractivity contribution in [1.82, 2.24) is 0 Å². The summed E-state index contributed by atoms with van der Waals surface area (Å²) < 4.78 is 0. The lowest BCUT2D eigenvalue weighted by atomic mass is 9.93. The number of hydrogen-bond donors (Lipinski definition) is 1. The number of carboxylic acid groups (broad SMARTS) is 1. The van der Waals surface area contributed by atoms with Gasteiger partial charge in [-0.2, -0.15) is 0 Å². The van der Waals surface area contributed by atoms with Gasteiger partial charge in [0.2, 0.25) is 0 Å². The number of carbonyl (C=O) groups is 2. The normalized spacial score (nSPS) is 21.5. The zero-order valence-corrected chi connectivity index (χ0v) is 9.85. The summed E-state index contributed by atoms with van der Waals surface area (Å²) in [7, 11) is 0. The molecule has 0 radical (unpaired) electrons. The Bertz CT molecular complexity index is 433. The third kappa shape index (κ3) is 2.38. The van der Waals surface area contributed by atoms with Crippen molar-refractivity contribution in [3.63, 3.8) is 0 Å². The molecule has 1 aromatic carbocycles. The van der Waals surface area contributed by atoms with Gasteiger partial charge in [-0.1, -0.05) is 24.3 Å². The number of carboxylic acids is 1. The Hall–Kier alpha value is -1.64. The van der Waals surface area contributed by atoms with E-state index < -0.39 is 11.9 Å². The maximum absolute atomic E-state index is 11.6. The maximum Gasteiger partial charge on any atom is 0.310 e. The summed E-state index contributed by atoms with van der Waals surface area (Å²) in [6.07, 6.45) is 2.57. The first-order chi connectivity index (χ1) is 8.09. The highest BCUT2D eigenvalue weighted by Gasteiger charge is 2.26. The fourth-order valence-corrected chi connectivity index (χ4v) is 2.33. The molecule has 1 aromatic rings. The van der Waals surface area contributed by atoms with Gasteiger partial charge in [-0.3, -0.25) is 9.59 Å². The van der Waals surface area contributed by atoms with Crippen LogP contribution in [0.3, 0.4) is 0 Å². The van der Waals surface area contributed by atoms with E-state index in [4.69, 9.17) is 5.11 Å². The third-order valence-electron chi connectivity index (χ3n) is 3.51. The summed E-state index contributed by atoms with van der Waals surface area (Å²) in [5.74, 6) is -0.980. The van der Waals surface area contributed by atoms with Crippen LogP contribution in [0.15, 0.2) is 24.3 Å². The van der Waals surface area contributed by atoms with Gasteiger partial charge < -0.3 is 5.11 Å². The van der Waals surface area contributed by atoms with Crippen LogP contribution in [0.25, 0.3) is 0 Å². The van der Waals surface area contributed by atoms with E-state index in [1.54, 1.807) is 6.92 Å². The maximum atomic E-state index is 11.6.